The third-order valence-electron chi connectivity index (χ3n) is 11.3. The summed E-state index contributed by atoms with van der Waals surface area (Å²) in [6.07, 6.45) is 0. The van der Waals surface area contributed by atoms with Crippen LogP contribution in [0.2, 0.25) is 13.1 Å². The molecule has 0 spiro atoms. The molecule has 1 aliphatic heterocycles. The smallest absolute Gasteiger partial charge is 0.113 e. The number of thiophene rings is 2. The molecule has 2 aromatic heterocycles. The average molecular weight is 716 g/mol. The van der Waals surface area contributed by atoms with Crippen LogP contribution in [0.1, 0.15) is 0 Å². The molecule has 0 bridgehead atoms. The zero-order valence-electron chi connectivity index (χ0n) is 28.9. The average Bonchev–Trinajstić information content (AvgIpc) is 3.83. The third-order valence-corrected chi connectivity index (χ3v) is 17.1. The maximum Gasteiger partial charge on any atom is 0.113 e. The Kier molecular flexibility index (Phi) is 6.51. The number of hydrogen-bond acceptors (Lipinski definition) is 3. The van der Waals surface area contributed by atoms with E-state index in [1.807, 2.05) is 22.7 Å². The lowest BCUT2D eigenvalue weighted by molar-refractivity contribution is 1.31. The molecule has 52 heavy (non-hydrogen) atoms. The summed E-state index contributed by atoms with van der Waals surface area (Å²) < 4.78 is 5.37. The van der Waals surface area contributed by atoms with Gasteiger partial charge in [0.1, 0.15) is 8.07 Å². The summed E-state index contributed by atoms with van der Waals surface area (Å²) in [5.74, 6) is 0. The van der Waals surface area contributed by atoms with E-state index >= 15 is 0 Å². The Balaban J connectivity index is 1.16. The molecule has 0 radical (unpaired) electrons. The standard InChI is InChI=1S/C48H33NS2Si/c1-52(2)44-27-26-43-46(38-18-6-8-23-42(38)50-43)47(44)39-25-24-33(29-45(39)52)49(40-21-11-20-37-36-17-5-7-22-41(36)51-48(37)40)32-15-9-14-31(28-32)35-19-10-13-30-12-3-4-16-34(30)35/h3-29H,1-2H3. The molecule has 0 fully saturated rings. The molecule has 0 atom stereocenters. The van der Waals surface area contributed by atoms with Crippen LogP contribution in [-0.2, 0) is 0 Å². The number of hydrogen-bond donors (Lipinski definition) is 0. The summed E-state index contributed by atoms with van der Waals surface area (Å²) in [4.78, 5) is 2.52. The van der Waals surface area contributed by atoms with Crippen LogP contribution in [0.15, 0.2) is 164 Å². The lowest BCUT2D eigenvalue weighted by atomic mass is 9.97. The predicted octanol–water partition coefficient (Wildman–Crippen LogP) is 13.5. The van der Waals surface area contributed by atoms with Crippen LogP contribution < -0.4 is 15.3 Å². The Morgan fingerprint density at radius 1 is 0.462 bits per heavy atom. The second-order valence-corrected chi connectivity index (χ2v) is 20.9. The van der Waals surface area contributed by atoms with Crippen LogP contribution in [0.4, 0.5) is 17.1 Å². The summed E-state index contributed by atoms with van der Waals surface area (Å²) in [6, 6.07) is 61.3. The Morgan fingerprint density at radius 3 is 2.04 bits per heavy atom. The summed E-state index contributed by atoms with van der Waals surface area (Å²) >= 11 is 3.81. The second-order valence-electron chi connectivity index (χ2n) is 14.5. The van der Waals surface area contributed by atoms with Gasteiger partial charge in [0.25, 0.3) is 0 Å². The van der Waals surface area contributed by atoms with Gasteiger partial charge in [0.05, 0.1) is 10.4 Å². The van der Waals surface area contributed by atoms with Crippen molar-refractivity contribution < 1.29 is 0 Å². The van der Waals surface area contributed by atoms with Gasteiger partial charge < -0.3 is 4.90 Å². The van der Waals surface area contributed by atoms with Crippen molar-refractivity contribution in [3.63, 3.8) is 0 Å². The molecule has 246 valence electrons. The van der Waals surface area contributed by atoms with Crippen molar-refractivity contribution in [2.24, 2.45) is 0 Å². The highest BCUT2D eigenvalue weighted by molar-refractivity contribution is 7.26. The highest BCUT2D eigenvalue weighted by atomic mass is 32.1. The summed E-state index contributed by atoms with van der Waals surface area (Å²) in [5.41, 5.74) is 8.94. The van der Waals surface area contributed by atoms with Gasteiger partial charge in [0, 0.05) is 47.0 Å². The first kappa shape index (κ1) is 30.1. The lowest BCUT2D eigenvalue weighted by Gasteiger charge is -2.28. The molecular weight excluding hydrogens is 683 g/mol. The summed E-state index contributed by atoms with van der Waals surface area (Å²) in [6.45, 7) is 5.08. The first-order valence-corrected chi connectivity index (χ1v) is 22.6. The number of fused-ring (bicyclic) bond motifs is 11. The van der Waals surface area contributed by atoms with Crippen LogP contribution in [0.5, 0.6) is 0 Å². The highest BCUT2D eigenvalue weighted by Crippen LogP contribution is 2.47. The molecule has 1 aliphatic rings. The zero-order valence-corrected chi connectivity index (χ0v) is 31.5. The van der Waals surface area contributed by atoms with Crippen molar-refractivity contribution in [2.75, 3.05) is 4.90 Å². The van der Waals surface area contributed by atoms with Crippen molar-refractivity contribution in [3.05, 3.63) is 164 Å². The monoisotopic (exact) mass is 715 g/mol. The van der Waals surface area contributed by atoms with Crippen molar-refractivity contribution >= 4 is 109 Å². The van der Waals surface area contributed by atoms with Crippen LogP contribution in [-0.4, -0.2) is 8.07 Å². The maximum absolute atomic E-state index is 2.54. The van der Waals surface area contributed by atoms with Gasteiger partial charge in [-0.3, -0.25) is 0 Å². The molecule has 4 heteroatoms. The van der Waals surface area contributed by atoms with Crippen LogP contribution in [0.25, 0.3) is 73.4 Å². The van der Waals surface area contributed by atoms with Gasteiger partial charge in [-0.05, 0) is 91.9 Å². The van der Waals surface area contributed by atoms with Gasteiger partial charge in [-0.1, -0.05) is 128 Å². The second kappa shape index (κ2) is 11.2. The first-order valence-electron chi connectivity index (χ1n) is 17.9. The fraction of sp³-hybridized carbons (Fsp3) is 0.0417. The highest BCUT2D eigenvalue weighted by Gasteiger charge is 2.39. The number of rotatable bonds is 4. The van der Waals surface area contributed by atoms with E-state index in [0.717, 1.165) is 5.69 Å². The normalized spacial score (nSPS) is 13.3. The van der Waals surface area contributed by atoms with Crippen LogP contribution >= 0.6 is 22.7 Å². The van der Waals surface area contributed by atoms with Gasteiger partial charge in [0.15, 0.2) is 0 Å². The molecule has 0 unspecified atom stereocenters. The molecule has 0 saturated heterocycles. The van der Waals surface area contributed by atoms with Gasteiger partial charge in [-0.2, -0.15) is 0 Å². The van der Waals surface area contributed by atoms with Gasteiger partial charge >= 0.3 is 0 Å². The first-order chi connectivity index (χ1) is 25.5. The van der Waals surface area contributed by atoms with E-state index in [0.29, 0.717) is 0 Å². The van der Waals surface area contributed by atoms with Gasteiger partial charge in [-0.25, -0.2) is 0 Å². The number of benzene rings is 8. The Bertz CT molecular complexity index is 3070. The van der Waals surface area contributed by atoms with E-state index in [2.05, 4.69) is 182 Å². The number of anilines is 3. The maximum atomic E-state index is 2.54. The van der Waals surface area contributed by atoms with Crippen LogP contribution in [0, 0.1) is 0 Å². The minimum absolute atomic E-state index is 1.16. The topological polar surface area (TPSA) is 3.24 Å². The Morgan fingerprint density at radius 2 is 1.15 bits per heavy atom. The third kappa shape index (κ3) is 4.32. The molecule has 10 aromatic rings. The SMILES string of the molecule is C[Si]1(C)c2cc(N(c3cccc(-c4cccc5ccccc45)c3)c3cccc4c3sc3ccccc34)ccc2-c2c1ccc1sc3ccccc3c21. The molecule has 3 heterocycles. The molecular formula is C48H33NS2Si. The molecule has 8 aromatic carbocycles. The van der Waals surface area contributed by atoms with E-state index in [-0.39, 0.29) is 0 Å². The van der Waals surface area contributed by atoms with Crippen molar-refractivity contribution in [3.8, 4) is 22.3 Å². The molecule has 11 rings (SSSR count). The van der Waals surface area contributed by atoms with Crippen molar-refractivity contribution in [1.82, 2.24) is 0 Å². The zero-order chi connectivity index (χ0) is 34.6. The largest absolute Gasteiger partial charge is 0.309 e. The molecule has 0 N–H and O–H groups in total. The van der Waals surface area contributed by atoms with Crippen molar-refractivity contribution in [2.45, 2.75) is 13.1 Å². The molecule has 0 aliphatic carbocycles. The Labute approximate surface area is 311 Å². The number of nitrogens with zero attached hydrogens (tertiary/aromatic N) is 1. The van der Waals surface area contributed by atoms with E-state index in [4.69, 9.17) is 0 Å². The van der Waals surface area contributed by atoms with E-state index in [1.54, 1.807) is 5.19 Å². The van der Waals surface area contributed by atoms with E-state index < -0.39 is 8.07 Å². The fourth-order valence-electron chi connectivity index (χ4n) is 8.79. The van der Waals surface area contributed by atoms with Gasteiger partial charge in [-0.15, -0.1) is 22.7 Å². The van der Waals surface area contributed by atoms with Crippen LogP contribution in [0.3, 0.4) is 0 Å². The predicted molar refractivity (Wildman–Crippen MR) is 232 cm³/mol. The van der Waals surface area contributed by atoms with E-state index in [9.17, 15) is 0 Å². The minimum atomic E-state index is -2.03. The van der Waals surface area contributed by atoms with Gasteiger partial charge in [0.2, 0.25) is 0 Å². The fourth-order valence-corrected chi connectivity index (χ4v) is 14.2. The summed E-state index contributed by atoms with van der Waals surface area (Å²) in [7, 11) is -2.03. The van der Waals surface area contributed by atoms with Crippen molar-refractivity contribution in [1.29, 1.82) is 0 Å². The lowest BCUT2D eigenvalue weighted by Crippen LogP contribution is -2.49. The molecule has 0 amide bonds. The van der Waals surface area contributed by atoms with E-state index in [1.165, 1.54) is 89.9 Å². The molecule has 0 saturated carbocycles. The molecule has 1 nitrogen and oxygen atoms in total. The quantitative estimate of drug-likeness (QED) is 0.164. The summed E-state index contributed by atoms with van der Waals surface area (Å²) in [5, 5.41) is 11.0. The minimum Gasteiger partial charge on any atom is -0.309 e. The Hall–Kier alpha value is -5.52.